The van der Waals surface area contributed by atoms with Crippen molar-refractivity contribution in [2.45, 2.75) is 25.7 Å². The summed E-state index contributed by atoms with van der Waals surface area (Å²) in [6.45, 7) is 3.63. The molecule has 0 radical (unpaired) electrons. The second-order valence-electron chi connectivity index (χ2n) is 5.30. The van der Waals surface area contributed by atoms with Crippen molar-refractivity contribution in [2.75, 3.05) is 0 Å². The van der Waals surface area contributed by atoms with Gasteiger partial charge in [0.15, 0.2) is 0 Å². The Morgan fingerprint density at radius 3 is 2.13 bits per heavy atom. The van der Waals surface area contributed by atoms with E-state index in [0.717, 1.165) is 30.5 Å². The topological polar surface area (TPSA) is 23.8 Å². The van der Waals surface area contributed by atoms with Gasteiger partial charge in [-0.3, -0.25) is 0 Å². The van der Waals surface area contributed by atoms with E-state index in [2.05, 4.69) is 6.58 Å². The van der Waals surface area contributed by atoms with E-state index in [4.69, 9.17) is 5.26 Å². The maximum absolute atomic E-state index is 14.0. The molecule has 0 atom stereocenters. The van der Waals surface area contributed by atoms with Crippen molar-refractivity contribution in [1.82, 2.24) is 0 Å². The van der Waals surface area contributed by atoms with Crippen molar-refractivity contribution in [2.24, 2.45) is 0 Å². The van der Waals surface area contributed by atoms with Gasteiger partial charge in [0.05, 0.1) is 0 Å². The zero-order valence-corrected chi connectivity index (χ0v) is 12.6. The quantitative estimate of drug-likeness (QED) is 0.697. The van der Waals surface area contributed by atoms with E-state index in [1.807, 2.05) is 6.07 Å². The maximum Gasteiger partial charge on any atom is 0.144 e. The third-order valence-electron chi connectivity index (χ3n) is 3.65. The summed E-state index contributed by atoms with van der Waals surface area (Å²) in [5.41, 5.74) is 1.19. The Bertz CT molecular complexity index is 737. The van der Waals surface area contributed by atoms with Gasteiger partial charge < -0.3 is 0 Å². The molecular weight excluding hydrogens is 299 g/mol. The summed E-state index contributed by atoms with van der Waals surface area (Å²) in [5, 5.41) is 8.64. The minimum absolute atomic E-state index is 0.294. The fourth-order valence-electron chi connectivity index (χ4n) is 2.37. The highest BCUT2D eigenvalue weighted by Gasteiger charge is 2.11. The summed E-state index contributed by atoms with van der Waals surface area (Å²) >= 11 is 0. The second kappa shape index (κ2) is 7.64. The zero-order chi connectivity index (χ0) is 16.8. The second-order valence-corrected chi connectivity index (χ2v) is 5.30. The highest BCUT2D eigenvalue weighted by molar-refractivity contribution is 5.35. The van der Waals surface area contributed by atoms with E-state index in [9.17, 15) is 13.2 Å². The van der Waals surface area contributed by atoms with Crippen LogP contribution in [0.1, 0.15) is 28.7 Å². The molecule has 4 heteroatoms. The van der Waals surface area contributed by atoms with Crippen LogP contribution in [-0.2, 0) is 19.3 Å². The number of allylic oxidation sites excluding steroid dienone is 1. The average molecular weight is 315 g/mol. The summed E-state index contributed by atoms with van der Waals surface area (Å²) in [4.78, 5) is 0. The molecule has 0 unspecified atom stereocenters. The molecule has 23 heavy (non-hydrogen) atoms. The summed E-state index contributed by atoms with van der Waals surface area (Å²) in [5.74, 6) is -2.09. The van der Waals surface area contributed by atoms with Crippen molar-refractivity contribution < 1.29 is 13.2 Å². The van der Waals surface area contributed by atoms with Crippen LogP contribution in [0.4, 0.5) is 13.2 Å². The van der Waals surface area contributed by atoms with Crippen LogP contribution in [-0.4, -0.2) is 0 Å². The smallest absolute Gasteiger partial charge is 0.144 e. The number of benzene rings is 2. The molecule has 0 aromatic heterocycles. The molecule has 118 valence electrons. The first-order valence-corrected chi connectivity index (χ1v) is 7.31. The van der Waals surface area contributed by atoms with E-state index >= 15 is 0 Å². The Hall–Kier alpha value is -2.54. The molecule has 0 saturated heterocycles. The van der Waals surface area contributed by atoms with E-state index < -0.39 is 17.2 Å². The van der Waals surface area contributed by atoms with Crippen molar-refractivity contribution in [3.05, 3.63) is 82.7 Å². The average Bonchev–Trinajstić information content (AvgIpc) is 2.51. The van der Waals surface area contributed by atoms with Crippen molar-refractivity contribution in [3.8, 4) is 6.07 Å². The van der Waals surface area contributed by atoms with Gasteiger partial charge in [0.2, 0.25) is 0 Å². The summed E-state index contributed by atoms with van der Waals surface area (Å²) in [6, 6.07) is 8.76. The maximum atomic E-state index is 14.0. The van der Waals surface area contributed by atoms with Gasteiger partial charge in [-0.05, 0) is 60.6 Å². The molecule has 2 rings (SSSR count). The molecule has 0 amide bonds. The highest BCUT2D eigenvalue weighted by atomic mass is 19.1. The van der Waals surface area contributed by atoms with Gasteiger partial charge >= 0.3 is 0 Å². The van der Waals surface area contributed by atoms with E-state index in [-0.39, 0.29) is 5.82 Å². The van der Waals surface area contributed by atoms with E-state index in [1.165, 1.54) is 12.1 Å². The molecule has 0 aliphatic rings. The molecule has 0 bridgehead atoms. The van der Waals surface area contributed by atoms with Crippen LogP contribution >= 0.6 is 0 Å². The highest BCUT2D eigenvalue weighted by Crippen LogP contribution is 2.18. The summed E-state index contributed by atoms with van der Waals surface area (Å²) < 4.78 is 41.1. The molecule has 2 aromatic rings. The zero-order valence-electron chi connectivity index (χ0n) is 12.6. The SMILES string of the molecule is C=CCCc1ccc(CCc2cc(F)c(C#N)c(F)c2)c(F)c1. The van der Waals surface area contributed by atoms with Crippen LogP contribution in [0, 0.1) is 28.8 Å². The predicted octanol–water partition coefficient (Wildman–Crippen LogP) is 4.88. The van der Waals surface area contributed by atoms with Gasteiger partial charge in [-0.1, -0.05) is 18.2 Å². The monoisotopic (exact) mass is 315 g/mol. The molecule has 0 heterocycles. The van der Waals surface area contributed by atoms with Crippen LogP contribution in [0.2, 0.25) is 0 Å². The molecular formula is C19H16F3N. The molecule has 0 spiro atoms. The Morgan fingerprint density at radius 2 is 1.57 bits per heavy atom. The standard InChI is InChI=1S/C19H16F3N/c1-2-3-4-13-5-7-15(17(20)9-13)8-6-14-10-18(21)16(12-23)19(22)11-14/h2,5,7,9-11H,1,3-4,6,8H2. The number of hydrogen-bond acceptors (Lipinski definition) is 1. The Labute approximate surface area is 133 Å². The minimum atomic E-state index is -0.886. The third kappa shape index (κ3) is 4.23. The van der Waals surface area contributed by atoms with E-state index in [1.54, 1.807) is 12.1 Å². The lowest BCUT2D eigenvalue weighted by Gasteiger charge is -2.07. The first-order valence-electron chi connectivity index (χ1n) is 7.31. The largest absolute Gasteiger partial charge is 0.207 e. The Morgan fingerprint density at radius 1 is 0.913 bits per heavy atom. The van der Waals surface area contributed by atoms with Crippen LogP contribution < -0.4 is 0 Å². The Kier molecular flexibility index (Phi) is 5.59. The van der Waals surface area contributed by atoms with Crippen LogP contribution in [0.15, 0.2) is 43.0 Å². The Balaban J connectivity index is 2.09. The molecule has 0 fully saturated rings. The molecule has 2 aromatic carbocycles. The summed E-state index contributed by atoms with van der Waals surface area (Å²) in [6.07, 6.45) is 3.91. The molecule has 0 saturated carbocycles. The number of nitriles is 1. The molecule has 0 aliphatic carbocycles. The first kappa shape index (κ1) is 16.8. The fourth-order valence-corrected chi connectivity index (χ4v) is 2.37. The van der Waals surface area contributed by atoms with Gasteiger partial charge in [-0.2, -0.15) is 5.26 Å². The lowest BCUT2D eigenvalue weighted by Crippen LogP contribution is -1.99. The first-order chi connectivity index (χ1) is 11.0. The number of rotatable bonds is 6. The van der Waals surface area contributed by atoms with Crippen LogP contribution in [0.3, 0.4) is 0 Å². The molecule has 0 N–H and O–H groups in total. The van der Waals surface area contributed by atoms with Gasteiger partial charge in [0.1, 0.15) is 29.1 Å². The van der Waals surface area contributed by atoms with E-state index in [0.29, 0.717) is 24.0 Å². The van der Waals surface area contributed by atoms with Crippen molar-refractivity contribution >= 4 is 0 Å². The fraction of sp³-hybridized carbons (Fsp3) is 0.211. The number of nitrogens with zero attached hydrogens (tertiary/aromatic N) is 1. The molecule has 1 nitrogen and oxygen atoms in total. The van der Waals surface area contributed by atoms with Crippen molar-refractivity contribution in [1.29, 1.82) is 5.26 Å². The molecule has 0 aliphatic heterocycles. The number of aryl methyl sites for hydroxylation is 3. The van der Waals surface area contributed by atoms with Crippen LogP contribution in [0.25, 0.3) is 0 Å². The minimum Gasteiger partial charge on any atom is -0.207 e. The van der Waals surface area contributed by atoms with Gasteiger partial charge in [0, 0.05) is 0 Å². The van der Waals surface area contributed by atoms with Crippen molar-refractivity contribution in [3.63, 3.8) is 0 Å². The normalized spacial score (nSPS) is 10.3. The van der Waals surface area contributed by atoms with Crippen LogP contribution in [0.5, 0.6) is 0 Å². The van der Waals surface area contributed by atoms with Gasteiger partial charge in [-0.25, -0.2) is 13.2 Å². The predicted molar refractivity (Wildman–Crippen MR) is 83.4 cm³/mol. The number of hydrogen-bond donors (Lipinski definition) is 0. The van der Waals surface area contributed by atoms with Gasteiger partial charge in [-0.15, -0.1) is 6.58 Å². The number of halogens is 3. The van der Waals surface area contributed by atoms with Gasteiger partial charge in [0.25, 0.3) is 0 Å². The lowest BCUT2D eigenvalue weighted by molar-refractivity contribution is 0.572. The summed E-state index contributed by atoms with van der Waals surface area (Å²) in [7, 11) is 0. The third-order valence-corrected chi connectivity index (χ3v) is 3.65. The lowest BCUT2D eigenvalue weighted by atomic mass is 10.00.